The normalized spacial score (nSPS) is 23.2. The van der Waals surface area contributed by atoms with Gasteiger partial charge in [0.2, 0.25) is 5.91 Å². The van der Waals surface area contributed by atoms with Crippen molar-refractivity contribution in [1.82, 2.24) is 19.8 Å². The Morgan fingerprint density at radius 2 is 1.82 bits per heavy atom. The SMILES string of the molecule is Cc1ncc(C(=O)Nc2cc(Cl)cc(CN3CCN(C(=O)[C@H]4C[C@H](C)C4)[C@@H](C)C3)c2C)cn1. The van der Waals surface area contributed by atoms with Crippen LogP contribution in [0.4, 0.5) is 5.69 Å². The summed E-state index contributed by atoms with van der Waals surface area (Å²) in [4.78, 5) is 38.1. The van der Waals surface area contributed by atoms with Gasteiger partial charge < -0.3 is 10.2 Å². The van der Waals surface area contributed by atoms with Crippen LogP contribution in [0, 0.1) is 25.7 Å². The zero-order valence-electron chi connectivity index (χ0n) is 19.8. The van der Waals surface area contributed by atoms with Crippen LogP contribution in [-0.2, 0) is 11.3 Å². The third-order valence-electron chi connectivity index (χ3n) is 6.88. The fourth-order valence-electron chi connectivity index (χ4n) is 4.82. The number of nitrogens with zero attached hydrogens (tertiary/aromatic N) is 4. The fourth-order valence-corrected chi connectivity index (χ4v) is 5.06. The van der Waals surface area contributed by atoms with Gasteiger partial charge in [0.15, 0.2) is 0 Å². The van der Waals surface area contributed by atoms with E-state index >= 15 is 0 Å². The van der Waals surface area contributed by atoms with Crippen molar-refractivity contribution in [2.24, 2.45) is 11.8 Å². The van der Waals surface area contributed by atoms with Crippen LogP contribution < -0.4 is 5.32 Å². The van der Waals surface area contributed by atoms with Crippen LogP contribution in [0.1, 0.15) is 54.0 Å². The van der Waals surface area contributed by atoms with Gasteiger partial charge in [0, 0.05) is 61.2 Å². The lowest BCUT2D eigenvalue weighted by Crippen LogP contribution is -2.56. The third-order valence-corrected chi connectivity index (χ3v) is 7.10. The van der Waals surface area contributed by atoms with E-state index in [1.54, 1.807) is 13.0 Å². The molecular weight excluding hydrogens is 438 g/mol. The first-order valence-corrected chi connectivity index (χ1v) is 12.0. The van der Waals surface area contributed by atoms with Crippen LogP contribution in [0.5, 0.6) is 0 Å². The molecule has 1 saturated heterocycles. The van der Waals surface area contributed by atoms with E-state index in [-0.39, 0.29) is 17.9 Å². The van der Waals surface area contributed by atoms with Crippen LogP contribution >= 0.6 is 11.6 Å². The van der Waals surface area contributed by atoms with Gasteiger partial charge in [-0.05, 0) is 62.8 Å². The molecule has 0 bridgehead atoms. The van der Waals surface area contributed by atoms with Crippen LogP contribution in [0.2, 0.25) is 5.02 Å². The number of hydrogen-bond donors (Lipinski definition) is 1. The smallest absolute Gasteiger partial charge is 0.258 e. The highest BCUT2D eigenvalue weighted by molar-refractivity contribution is 6.31. The van der Waals surface area contributed by atoms with Crippen LogP contribution in [0.3, 0.4) is 0 Å². The molecule has 1 aromatic heterocycles. The minimum Gasteiger partial charge on any atom is -0.337 e. The number of carbonyl (C=O) groups excluding carboxylic acids is 2. The quantitative estimate of drug-likeness (QED) is 0.713. The van der Waals surface area contributed by atoms with Gasteiger partial charge >= 0.3 is 0 Å². The molecule has 8 heteroatoms. The Morgan fingerprint density at radius 1 is 1.12 bits per heavy atom. The average molecular weight is 470 g/mol. The number of amides is 2. The summed E-state index contributed by atoms with van der Waals surface area (Å²) in [6, 6.07) is 3.91. The number of benzene rings is 1. The summed E-state index contributed by atoms with van der Waals surface area (Å²) in [6.07, 6.45) is 5.09. The second kappa shape index (κ2) is 9.77. The van der Waals surface area contributed by atoms with Gasteiger partial charge in [-0.2, -0.15) is 0 Å². The topological polar surface area (TPSA) is 78.4 Å². The summed E-state index contributed by atoms with van der Waals surface area (Å²) in [6.45, 7) is 11.2. The molecule has 33 heavy (non-hydrogen) atoms. The summed E-state index contributed by atoms with van der Waals surface area (Å²) < 4.78 is 0. The molecule has 2 aromatic rings. The molecule has 0 radical (unpaired) electrons. The van der Waals surface area contributed by atoms with E-state index in [1.807, 2.05) is 13.0 Å². The number of halogens is 1. The minimum absolute atomic E-state index is 0.183. The van der Waals surface area contributed by atoms with E-state index in [1.165, 1.54) is 12.4 Å². The van der Waals surface area contributed by atoms with Gasteiger partial charge in [-0.1, -0.05) is 18.5 Å². The zero-order chi connectivity index (χ0) is 23.7. The van der Waals surface area contributed by atoms with Crippen molar-refractivity contribution in [3.63, 3.8) is 0 Å². The first-order chi connectivity index (χ1) is 15.7. The summed E-state index contributed by atoms with van der Waals surface area (Å²) in [7, 11) is 0. The second-order valence-electron chi connectivity index (χ2n) is 9.60. The van der Waals surface area contributed by atoms with Crippen LogP contribution in [0.15, 0.2) is 24.5 Å². The maximum Gasteiger partial charge on any atom is 0.258 e. The van der Waals surface area contributed by atoms with Gasteiger partial charge in [-0.15, -0.1) is 0 Å². The first kappa shape index (κ1) is 23.6. The highest BCUT2D eigenvalue weighted by Gasteiger charge is 2.37. The number of hydrogen-bond acceptors (Lipinski definition) is 5. The molecule has 7 nitrogen and oxygen atoms in total. The van der Waals surface area contributed by atoms with Crippen molar-refractivity contribution < 1.29 is 9.59 Å². The molecular formula is C25H32ClN5O2. The first-order valence-electron chi connectivity index (χ1n) is 11.6. The largest absolute Gasteiger partial charge is 0.337 e. The van der Waals surface area contributed by atoms with E-state index in [4.69, 9.17) is 11.6 Å². The van der Waals surface area contributed by atoms with E-state index < -0.39 is 0 Å². The second-order valence-corrected chi connectivity index (χ2v) is 10.0. The number of nitrogens with one attached hydrogen (secondary N) is 1. The number of piperazine rings is 1. The Labute approximate surface area is 200 Å². The maximum absolute atomic E-state index is 12.8. The monoisotopic (exact) mass is 469 g/mol. The van der Waals surface area contributed by atoms with Crippen LogP contribution in [0.25, 0.3) is 0 Å². The zero-order valence-corrected chi connectivity index (χ0v) is 20.5. The molecule has 2 aliphatic rings. The van der Waals surface area contributed by atoms with Gasteiger partial charge in [0.1, 0.15) is 5.82 Å². The van der Waals surface area contributed by atoms with E-state index in [0.29, 0.717) is 33.9 Å². The standard InChI is InChI=1S/C25H32ClN5O2/c1-15-7-19(8-15)25(33)31-6-5-30(13-16(31)2)14-20-9-22(26)10-23(17(20)3)29-24(32)21-11-27-18(4)28-12-21/h9-12,15-16,19H,5-8,13-14H2,1-4H3,(H,29,32)/t15-,16-,19-/m0/s1. The predicted molar refractivity (Wildman–Crippen MR) is 129 cm³/mol. The highest BCUT2D eigenvalue weighted by atomic mass is 35.5. The Bertz CT molecular complexity index is 1040. The molecule has 2 fully saturated rings. The summed E-state index contributed by atoms with van der Waals surface area (Å²) >= 11 is 6.40. The van der Waals surface area contributed by atoms with E-state index in [2.05, 4.69) is 38.9 Å². The van der Waals surface area contributed by atoms with Crippen LogP contribution in [-0.4, -0.2) is 57.3 Å². The Kier molecular flexibility index (Phi) is 7.00. The third kappa shape index (κ3) is 5.36. The number of aryl methyl sites for hydroxylation is 1. The Hall–Kier alpha value is -2.51. The Morgan fingerprint density at radius 3 is 2.45 bits per heavy atom. The molecule has 1 saturated carbocycles. The van der Waals surface area contributed by atoms with Crippen molar-refractivity contribution in [3.05, 3.63) is 52.1 Å². The van der Waals surface area contributed by atoms with Gasteiger partial charge in [-0.25, -0.2) is 9.97 Å². The van der Waals surface area contributed by atoms with Crippen molar-refractivity contribution >= 4 is 29.1 Å². The molecule has 1 aliphatic carbocycles. The van der Waals surface area contributed by atoms with E-state index in [9.17, 15) is 9.59 Å². The van der Waals surface area contributed by atoms with Crippen molar-refractivity contribution in [2.45, 2.75) is 53.1 Å². The predicted octanol–water partition coefficient (Wildman–Crippen LogP) is 4.08. The molecule has 1 atom stereocenters. The molecule has 0 unspecified atom stereocenters. The van der Waals surface area contributed by atoms with Gasteiger partial charge in [0.05, 0.1) is 5.56 Å². The molecule has 1 aliphatic heterocycles. The average Bonchev–Trinajstić information content (AvgIpc) is 2.75. The lowest BCUT2D eigenvalue weighted by molar-refractivity contribution is -0.144. The Balaban J connectivity index is 1.41. The number of anilines is 1. The van der Waals surface area contributed by atoms with Gasteiger partial charge in [-0.3, -0.25) is 14.5 Å². The molecule has 1 aromatic carbocycles. The summed E-state index contributed by atoms with van der Waals surface area (Å²) in [5, 5.41) is 3.53. The van der Waals surface area contributed by atoms with Crippen molar-refractivity contribution in [2.75, 3.05) is 25.0 Å². The highest BCUT2D eigenvalue weighted by Crippen LogP contribution is 2.35. The summed E-state index contributed by atoms with van der Waals surface area (Å²) in [5.74, 6) is 1.57. The lowest BCUT2D eigenvalue weighted by atomic mass is 9.75. The number of aromatic nitrogens is 2. The number of rotatable bonds is 5. The number of carbonyl (C=O) groups is 2. The minimum atomic E-state index is -0.266. The molecule has 1 N–H and O–H groups in total. The van der Waals surface area contributed by atoms with Gasteiger partial charge in [0.25, 0.3) is 5.91 Å². The lowest BCUT2D eigenvalue weighted by Gasteiger charge is -2.44. The molecule has 0 spiro atoms. The molecule has 2 amide bonds. The maximum atomic E-state index is 12.8. The van der Waals surface area contributed by atoms with Crippen molar-refractivity contribution in [3.8, 4) is 0 Å². The molecule has 2 heterocycles. The van der Waals surface area contributed by atoms with Crippen molar-refractivity contribution in [1.29, 1.82) is 0 Å². The molecule has 176 valence electrons. The van der Waals surface area contributed by atoms with E-state index in [0.717, 1.165) is 50.1 Å². The molecule has 4 rings (SSSR count). The summed E-state index contributed by atoms with van der Waals surface area (Å²) in [5.41, 5.74) is 3.13. The fraction of sp³-hybridized carbons (Fsp3) is 0.520.